The highest BCUT2D eigenvalue weighted by atomic mass is 35.5. The smallest absolute Gasteiger partial charge is 0.0477 e. The summed E-state index contributed by atoms with van der Waals surface area (Å²) in [5.74, 6) is 1.68. The lowest BCUT2D eigenvalue weighted by molar-refractivity contribution is 0.186. The van der Waals surface area contributed by atoms with Crippen LogP contribution in [0.15, 0.2) is 0 Å². The Balaban J connectivity index is 1.94. The molecule has 0 bridgehead atoms. The molecule has 100 valence electrons. The van der Waals surface area contributed by atoms with E-state index in [4.69, 9.17) is 11.6 Å². The molecular formula is C16H29Cl. The third kappa shape index (κ3) is 3.88. The number of hydrogen-bond donors (Lipinski definition) is 0. The molecule has 1 heteroatoms. The first-order valence-electron chi connectivity index (χ1n) is 7.90. The monoisotopic (exact) mass is 256 g/mol. The second kappa shape index (κ2) is 6.45. The number of rotatable bonds is 1. The van der Waals surface area contributed by atoms with Gasteiger partial charge in [0.25, 0.3) is 0 Å². The normalized spacial score (nSPS) is 38.1. The maximum Gasteiger partial charge on any atom is 0.0477 e. The zero-order valence-corrected chi connectivity index (χ0v) is 12.3. The SMILES string of the molecule is CC1CCCCCCCCC(Cl)(C2CCC2)C1. The van der Waals surface area contributed by atoms with Crippen LogP contribution in [0.5, 0.6) is 0 Å². The fourth-order valence-corrected chi connectivity index (χ4v) is 4.31. The Labute approximate surface area is 113 Å². The molecule has 2 fully saturated rings. The highest BCUT2D eigenvalue weighted by Crippen LogP contribution is 2.47. The van der Waals surface area contributed by atoms with Gasteiger partial charge >= 0.3 is 0 Å². The average molecular weight is 257 g/mol. The summed E-state index contributed by atoms with van der Waals surface area (Å²) in [7, 11) is 0. The standard InChI is InChI=1S/C16H29Cl/c1-14-9-6-4-2-3-5-7-12-16(17,13-14)15-10-8-11-15/h14-15H,2-13H2,1H3. The van der Waals surface area contributed by atoms with Crippen molar-refractivity contribution in [3.05, 3.63) is 0 Å². The molecule has 0 nitrogen and oxygen atoms in total. The van der Waals surface area contributed by atoms with E-state index < -0.39 is 0 Å². The summed E-state index contributed by atoms with van der Waals surface area (Å²) in [6.45, 7) is 2.42. The Morgan fingerprint density at radius 1 is 0.824 bits per heavy atom. The Hall–Kier alpha value is 0.290. The van der Waals surface area contributed by atoms with E-state index in [1.165, 1.54) is 77.0 Å². The Bertz CT molecular complexity index is 222. The second-order valence-electron chi connectivity index (χ2n) is 6.63. The largest absolute Gasteiger partial charge is 0.119 e. The van der Waals surface area contributed by atoms with Crippen molar-refractivity contribution in [2.45, 2.75) is 88.8 Å². The predicted octanol–water partition coefficient (Wildman–Crippen LogP) is 5.92. The van der Waals surface area contributed by atoms with Gasteiger partial charge in [0.05, 0.1) is 0 Å². The third-order valence-corrected chi connectivity index (χ3v) is 5.72. The highest BCUT2D eigenvalue weighted by Gasteiger charge is 2.40. The van der Waals surface area contributed by atoms with Crippen molar-refractivity contribution in [2.24, 2.45) is 11.8 Å². The van der Waals surface area contributed by atoms with E-state index in [9.17, 15) is 0 Å². The van der Waals surface area contributed by atoms with Crippen LogP contribution in [-0.2, 0) is 0 Å². The maximum absolute atomic E-state index is 7.03. The molecule has 0 saturated heterocycles. The molecule has 2 unspecified atom stereocenters. The molecule has 0 heterocycles. The molecule has 0 radical (unpaired) electrons. The molecule has 0 aromatic carbocycles. The molecule has 0 amide bonds. The molecule has 17 heavy (non-hydrogen) atoms. The molecule has 2 rings (SSSR count). The average Bonchev–Trinajstić information content (AvgIpc) is 2.21. The number of alkyl halides is 1. The number of hydrogen-bond acceptors (Lipinski definition) is 0. The summed E-state index contributed by atoms with van der Waals surface area (Å²) >= 11 is 7.03. The molecule has 0 aliphatic heterocycles. The van der Waals surface area contributed by atoms with Crippen LogP contribution < -0.4 is 0 Å². The van der Waals surface area contributed by atoms with Crippen LogP contribution >= 0.6 is 11.6 Å². The van der Waals surface area contributed by atoms with E-state index in [0.29, 0.717) is 0 Å². The molecule has 0 N–H and O–H groups in total. The second-order valence-corrected chi connectivity index (χ2v) is 7.38. The zero-order valence-electron chi connectivity index (χ0n) is 11.5. The Kier molecular flexibility index (Phi) is 5.21. The summed E-state index contributed by atoms with van der Waals surface area (Å²) in [5.41, 5.74) is 0. The summed E-state index contributed by atoms with van der Waals surface area (Å²) in [4.78, 5) is 0.169. The minimum absolute atomic E-state index is 0.169. The van der Waals surface area contributed by atoms with E-state index >= 15 is 0 Å². The summed E-state index contributed by atoms with van der Waals surface area (Å²) in [6.07, 6.45) is 16.7. The third-order valence-electron chi connectivity index (χ3n) is 5.06. The van der Waals surface area contributed by atoms with Crippen molar-refractivity contribution in [3.63, 3.8) is 0 Å². The lowest BCUT2D eigenvalue weighted by Gasteiger charge is -2.42. The summed E-state index contributed by atoms with van der Waals surface area (Å²) in [6, 6.07) is 0. The van der Waals surface area contributed by atoms with Gasteiger partial charge in [-0.05, 0) is 37.5 Å². The van der Waals surface area contributed by atoms with Crippen LogP contribution in [0.2, 0.25) is 0 Å². The van der Waals surface area contributed by atoms with Crippen molar-refractivity contribution in [3.8, 4) is 0 Å². The van der Waals surface area contributed by atoms with E-state index in [-0.39, 0.29) is 4.87 Å². The van der Waals surface area contributed by atoms with Gasteiger partial charge in [0, 0.05) is 4.87 Å². The Morgan fingerprint density at radius 2 is 1.47 bits per heavy atom. The first-order chi connectivity index (χ1) is 8.21. The van der Waals surface area contributed by atoms with Crippen LogP contribution in [0.1, 0.15) is 84.0 Å². The van der Waals surface area contributed by atoms with E-state index in [1.54, 1.807) is 0 Å². The molecule has 2 aliphatic rings. The van der Waals surface area contributed by atoms with Crippen molar-refractivity contribution in [1.29, 1.82) is 0 Å². The van der Waals surface area contributed by atoms with Crippen LogP contribution in [0.25, 0.3) is 0 Å². The van der Waals surface area contributed by atoms with Crippen LogP contribution in [0.4, 0.5) is 0 Å². The predicted molar refractivity (Wildman–Crippen MR) is 76.6 cm³/mol. The summed E-state index contributed by atoms with van der Waals surface area (Å²) in [5, 5.41) is 0. The maximum atomic E-state index is 7.03. The quantitative estimate of drug-likeness (QED) is 0.511. The van der Waals surface area contributed by atoms with Crippen molar-refractivity contribution in [1.82, 2.24) is 0 Å². The topological polar surface area (TPSA) is 0 Å². The van der Waals surface area contributed by atoms with E-state index in [1.807, 2.05) is 0 Å². The van der Waals surface area contributed by atoms with Gasteiger partial charge in [0.2, 0.25) is 0 Å². The molecule has 0 spiro atoms. The molecule has 2 aliphatic carbocycles. The van der Waals surface area contributed by atoms with Gasteiger partial charge in [-0.15, -0.1) is 11.6 Å². The first-order valence-corrected chi connectivity index (χ1v) is 8.27. The van der Waals surface area contributed by atoms with Gasteiger partial charge in [-0.1, -0.05) is 58.3 Å². The zero-order chi connectivity index (χ0) is 12.1. The Morgan fingerprint density at radius 3 is 2.12 bits per heavy atom. The molecular weight excluding hydrogens is 228 g/mol. The minimum Gasteiger partial charge on any atom is -0.119 e. The van der Waals surface area contributed by atoms with Crippen molar-refractivity contribution < 1.29 is 0 Å². The van der Waals surface area contributed by atoms with Crippen LogP contribution in [0, 0.1) is 11.8 Å². The fourth-order valence-electron chi connectivity index (χ4n) is 3.70. The summed E-state index contributed by atoms with van der Waals surface area (Å²) < 4.78 is 0. The van der Waals surface area contributed by atoms with E-state index in [2.05, 4.69) is 6.92 Å². The first kappa shape index (κ1) is 13.7. The molecule has 0 aromatic heterocycles. The van der Waals surface area contributed by atoms with Gasteiger partial charge in [-0.2, -0.15) is 0 Å². The lowest BCUT2D eigenvalue weighted by Crippen LogP contribution is -2.38. The van der Waals surface area contributed by atoms with Crippen LogP contribution in [0.3, 0.4) is 0 Å². The molecule has 0 aromatic rings. The van der Waals surface area contributed by atoms with Gasteiger partial charge < -0.3 is 0 Å². The molecule has 2 saturated carbocycles. The van der Waals surface area contributed by atoms with Gasteiger partial charge in [0.15, 0.2) is 0 Å². The highest BCUT2D eigenvalue weighted by molar-refractivity contribution is 6.24. The van der Waals surface area contributed by atoms with Crippen molar-refractivity contribution in [2.75, 3.05) is 0 Å². The van der Waals surface area contributed by atoms with Gasteiger partial charge in [-0.25, -0.2) is 0 Å². The lowest BCUT2D eigenvalue weighted by atomic mass is 9.70. The van der Waals surface area contributed by atoms with Gasteiger partial charge in [0.1, 0.15) is 0 Å². The van der Waals surface area contributed by atoms with Gasteiger partial charge in [-0.3, -0.25) is 0 Å². The van der Waals surface area contributed by atoms with Crippen LogP contribution in [-0.4, -0.2) is 4.87 Å². The minimum atomic E-state index is 0.169. The molecule has 2 atom stereocenters. The van der Waals surface area contributed by atoms with E-state index in [0.717, 1.165) is 11.8 Å². The fraction of sp³-hybridized carbons (Fsp3) is 1.00. The number of halogens is 1. The van der Waals surface area contributed by atoms with Crippen molar-refractivity contribution >= 4 is 11.6 Å².